The Labute approximate surface area is 279 Å². The van der Waals surface area contributed by atoms with Crippen LogP contribution in [0, 0.1) is 5.41 Å². The summed E-state index contributed by atoms with van der Waals surface area (Å²) in [6, 6.07) is 0. The molecule has 3 unspecified atom stereocenters. The Morgan fingerprint density at radius 1 is 1.04 bits per heavy atom. The van der Waals surface area contributed by atoms with E-state index in [1.54, 1.807) is 11.5 Å². The second-order valence-electron chi connectivity index (χ2n) is 12.4. The van der Waals surface area contributed by atoms with Crippen LogP contribution in [-0.2, 0) is 46.5 Å². The number of hydrogen-bond donors (Lipinski definition) is 0. The lowest BCUT2D eigenvalue weighted by Gasteiger charge is -2.33. The quantitative estimate of drug-likeness (QED) is 0.143. The molecule has 47 heavy (non-hydrogen) atoms. The number of hydrogen-bond acceptors (Lipinski definition) is 14. The van der Waals surface area contributed by atoms with Gasteiger partial charge in [-0.15, -0.1) is 0 Å². The summed E-state index contributed by atoms with van der Waals surface area (Å²) >= 11 is 6.49. The van der Waals surface area contributed by atoms with Crippen LogP contribution >= 0.6 is 26.6 Å². The van der Waals surface area contributed by atoms with Gasteiger partial charge in [0.15, 0.2) is 35.4 Å². The van der Waals surface area contributed by atoms with E-state index in [-0.39, 0.29) is 29.9 Å². The van der Waals surface area contributed by atoms with Crippen LogP contribution in [0.1, 0.15) is 71.9 Å². The summed E-state index contributed by atoms with van der Waals surface area (Å²) in [5, 5.41) is 0.0207. The highest BCUT2D eigenvalue weighted by atomic mass is 35.5. The third-order valence-corrected chi connectivity index (χ3v) is 15.3. The number of halogens is 1. The molecule has 0 radical (unpaired) electrons. The fourth-order valence-electron chi connectivity index (χ4n) is 7.11. The van der Waals surface area contributed by atoms with Crippen molar-refractivity contribution in [2.75, 3.05) is 50.9 Å². The Balaban J connectivity index is 1.47. The van der Waals surface area contributed by atoms with Gasteiger partial charge in [-0.1, -0.05) is 19.3 Å². The van der Waals surface area contributed by atoms with Crippen molar-refractivity contribution in [3.8, 4) is 0 Å². The van der Waals surface area contributed by atoms with Crippen LogP contribution in [0.15, 0.2) is 6.33 Å². The van der Waals surface area contributed by atoms with Crippen molar-refractivity contribution in [2.45, 2.75) is 90.3 Å². The zero-order chi connectivity index (χ0) is 34.0. The largest absolute Gasteiger partial charge is 0.456 e. The summed E-state index contributed by atoms with van der Waals surface area (Å²) in [6.45, 7) is 5.90. The van der Waals surface area contributed by atoms with Gasteiger partial charge in [-0.3, -0.25) is 23.3 Å². The normalized spacial score (nSPS) is 25.7. The first-order valence-electron chi connectivity index (χ1n) is 15.9. The number of ether oxygens (including phenoxy) is 3. The molecule has 15 nitrogen and oxygen atoms in total. The monoisotopic (exact) mass is 719 g/mol. The number of nitrogens with zero attached hydrogens (tertiary/aromatic N) is 5. The maximum absolute atomic E-state index is 13.8. The summed E-state index contributed by atoms with van der Waals surface area (Å²) in [7, 11) is -4.88. The summed E-state index contributed by atoms with van der Waals surface area (Å²) in [5.41, 5.74) is 1.12. The number of anilines is 1. The predicted octanol–water partition coefficient (Wildman–Crippen LogP) is 5.55. The summed E-state index contributed by atoms with van der Waals surface area (Å²) in [6.07, 6.45) is 4.41. The SMILES string of the molecule is CCOP(=O)(CC[C@H]1O[C@@H](n2cnc3c(N4CCC5(CCCCC5)C4)nc(Cl)nc32)C(OC(C)=O)C1OC(C)=O)CP(=O)(OC)OC. The first kappa shape index (κ1) is 36.2. The van der Waals surface area contributed by atoms with Crippen LogP contribution in [-0.4, -0.2) is 95.8 Å². The molecule has 0 N–H and O–H groups in total. The van der Waals surface area contributed by atoms with E-state index in [1.165, 1.54) is 66.5 Å². The molecule has 3 aliphatic rings. The zero-order valence-electron chi connectivity index (χ0n) is 27.5. The number of esters is 2. The van der Waals surface area contributed by atoms with Gasteiger partial charge in [-0.05, 0) is 49.6 Å². The van der Waals surface area contributed by atoms with Gasteiger partial charge in [0.25, 0.3) is 0 Å². The molecule has 5 rings (SSSR count). The van der Waals surface area contributed by atoms with Gasteiger partial charge in [-0.2, -0.15) is 9.97 Å². The molecule has 2 saturated heterocycles. The minimum atomic E-state index is -3.70. The van der Waals surface area contributed by atoms with E-state index in [9.17, 15) is 18.7 Å². The van der Waals surface area contributed by atoms with Crippen LogP contribution in [0.25, 0.3) is 11.2 Å². The van der Waals surface area contributed by atoms with E-state index < -0.39 is 57.3 Å². The molecule has 0 amide bonds. The molecule has 3 fully saturated rings. The molecule has 1 saturated carbocycles. The Bertz CT molecular complexity index is 1540. The molecule has 0 bridgehead atoms. The van der Waals surface area contributed by atoms with Gasteiger partial charge in [-0.25, -0.2) is 4.98 Å². The van der Waals surface area contributed by atoms with Crippen molar-refractivity contribution >= 4 is 55.5 Å². The van der Waals surface area contributed by atoms with Crippen LogP contribution in [0.4, 0.5) is 5.82 Å². The number of fused-ring (bicyclic) bond motifs is 1. The minimum absolute atomic E-state index is 0.0207. The summed E-state index contributed by atoms with van der Waals surface area (Å²) in [4.78, 5) is 40.6. The molecule has 1 aliphatic carbocycles. The Morgan fingerprint density at radius 2 is 1.72 bits per heavy atom. The number of imidazole rings is 1. The number of rotatable bonds is 13. The third-order valence-electron chi connectivity index (χ3n) is 9.26. The number of carbonyl (C=O) groups is 2. The van der Waals surface area contributed by atoms with E-state index in [4.69, 9.17) is 39.4 Å². The maximum atomic E-state index is 13.8. The summed E-state index contributed by atoms with van der Waals surface area (Å²) in [5.74, 6) is -1.10. The van der Waals surface area contributed by atoms with Crippen LogP contribution in [0.5, 0.6) is 0 Å². The van der Waals surface area contributed by atoms with Gasteiger partial charge in [0.2, 0.25) is 12.7 Å². The van der Waals surface area contributed by atoms with Gasteiger partial charge >= 0.3 is 19.5 Å². The molecule has 2 aliphatic heterocycles. The molecule has 18 heteroatoms. The van der Waals surface area contributed by atoms with Gasteiger partial charge in [0, 0.05) is 47.3 Å². The van der Waals surface area contributed by atoms with E-state index in [0.717, 1.165) is 19.5 Å². The average molecular weight is 720 g/mol. The molecule has 2 aromatic rings. The average Bonchev–Trinajstić information content (AvgIpc) is 3.72. The van der Waals surface area contributed by atoms with E-state index in [0.29, 0.717) is 17.0 Å². The Kier molecular flexibility index (Phi) is 11.4. The van der Waals surface area contributed by atoms with Crippen molar-refractivity contribution in [1.82, 2.24) is 19.5 Å². The topological polar surface area (TPSA) is 170 Å². The lowest BCUT2D eigenvalue weighted by atomic mass is 9.73. The van der Waals surface area contributed by atoms with E-state index in [2.05, 4.69) is 19.9 Å². The predicted molar refractivity (Wildman–Crippen MR) is 173 cm³/mol. The van der Waals surface area contributed by atoms with Crippen LogP contribution < -0.4 is 4.90 Å². The maximum Gasteiger partial charge on any atom is 0.339 e. The first-order chi connectivity index (χ1) is 22.3. The van der Waals surface area contributed by atoms with Crippen molar-refractivity contribution in [3.63, 3.8) is 0 Å². The van der Waals surface area contributed by atoms with E-state index >= 15 is 0 Å². The molecule has 5 atom stereocenters. The first-order valence-corrected chi connectivity index (χ1v) is 20.0. The van der Waals surface area contributed by atoms with Gasteiger partial charge in [0.1, 0.15) is 12.0 Å². The zero-order valence-corrected chi connectivity index (χ0v) is 30.0. The van der Waals surface area contributed by atoms with E-state index in [1.807, 2.05) is 0 Å². The molecule has 4 heterocycles. The summed E-state index contributed by atoms with van der Waals surface area (Å²) < 4.78 is 61.8. The second kappa shape index (κ2) is 14.8. The fraction of sp³-hybridized carbons (Fsp3) is 0.759. The lowest BCUT2D eigenvalue weighted by molar-refractivity contribution is -0.165. The smallest absolute Gasteiger partial charge is 0.339 e. The minimum Gasteiger partial charge on any atom is -0.456 e. The van der Waals surface area contributed by atoms with Crippen molar-refractivity contribution in [2.24, 2.45) is 5.41 Å². The highest BCUT2D eigenvalue weighted by molar-refractivity contribution is 7.73. The number of aromatic nitrogens is 4. The van der Waals surface area contributed by atoms with Crippen LogP contribution in [0.2, 0.25) is 5.28 Å². The molecular formula is C29H44ClN5O10P2. The highest BCUT2D eigenvalue weighted by Crippen LogP contribution is 2.63. The molecule has 1 spiro atoms. The van der Waals surface area contributed by atoms with Crippen LogP contribution in [0.3, 0.4) is 0 Å². The highest BCUT2D eigenvalue weighted by Gasteiger charge is 2.51. The van der Waals surface area contributed by atoms with Gasteiger partial charge in [0.05, 0.1) is 12.9 Å². The fourth-order valence-corrected chi connectivity index (χ4v) is 12.6. The molecular weight excluding hydrogens is 676 g/mol. The molecule has 262 valence electrons. The lowest BCUT2D eigenvalue weighted by Crippen LogP contribution is -2.39. The Morgan fingerprint density at radius 3 is 2.36 bits per heavy atom. The van der Waals surface area contributed by atoms with Gasteiger partial charge < -0.3 is 32.7 Å². The molecule has 2 aromatic heterocycles. The van der Waals surface area contributed by atoms with Crippen molar-refractivity contribution in [1.29, 1.82) is 0 Å². The van der Waals surface area contributed by atoms with Crippen molar-refractivity contribution in [3.05, 3.63) is 11.6 Å². The van der Waals surface area contributed by atoms with Crippen molar-refractivity contribution < 1.29 is 46.5 Å². The third kappa shape index (κ3) is 8.03. The standard InChI is InChI=1S/C29H44ClN5O10P2/c1-6-42-46(38,18-47(39,40-4)41-5)15-10-21-23(43-19(2)36)24(44-20(3)37)27(45-21)35-17-31-22-25(32-28(30)33-26(22)35)34-14-13-29(16-34)11-8-7-9-12-29/h17,21,23-24,27H,6-16,18H2,1-5H3/t21-,23?,24?,27-,46?/m1/s1. The second-order valence-corrected chi connectivity index (χ2v) is 18.2. The number of carbonyl (C=O) groups excluding carboxylic acids is 2. The Hall–Kier alpha value is -2.12. The molecule has 0 aromatic carbocycles.